The summed E-state index contributed by atoms with van der Waals surface area (Å²) < 4.78 is 2.42. The normalized spacial score (nSPS) is 23.3. The summed E-state index contributed by atoms with van der Waals surface area (Å²) in [5, 5.41) is 0. The lowest BCUT2D eigenvalue weighted by atomic mass is 9.91. The molecule has 1 unspecified atom stereocenters. The van der Waals surface area contributed by atoms with Crippen molar-refractivity contribution in [2.45, 2.75) is 44.1 Å². The van der Waals surface area contributed by atoms with Gasteiger partial charge in [0.05, 0.1) is 0 Å². The standard InChI is InChI=1S/C22H32N4/c1-24-13-9-20(10-14-24)22-23-11-15-26(22)17-16-25-12-5-8-21(18-25)19-6-3-2-4-7-19/h2-4,6-7,11,15,20-21H,5,8-10,12-14,16-18H2,1H3. The van der Waals surface area contributed by atoms with Crippen LogP contribution in [-0.2, 0) is 6.54 Å². The molecule has 2 aromatic rings. The van der Waals surface area contributed by atoms with Crippen molar-refractivity contribution < 1.29 is 0 Å². The summed E-state index contributed by atoms with van der Waals surface area (Å²) in [7, 11) is 2.22. The smallest absolute Gasteiger partial charge is 0.111 e. The maximum atomic E-state index is 4.72. The van der Waals surface area contributed by atoms with Crippen molar-refractivity contribution in [3.63, 3.8) is 0 Å². The molecule has 26 heavy (non-hydrogen) atoms. The van der Waals surface area contributed by atoms with Crippen molar-refractivity contribution in [3.8, 4) is 0 Å². The predicted octanol–water partition coefficient (Wildman–Crippen LogP) is 3.57. The highest BCUT2D eigenvalue weighted by molar-refractivity contribution is 5.20. The first-order valence-corrected chi connectivity index (χ1v) is 10.3. The van der Waals surface area contributed by atoms with Crippen molar-refractivity contribution in [1.29, 1.82) is 0 Å². The third-order valence-electron chi connectivity index (χ3n) is 6.27. The van der Waals surface area contributed by atoms with Crippen molar-refractivity contribution in [2.24, 2.45) is 0 Å². The first kappa shape index (κ1) is 17.7. The van der Waals surface area contributed by atoms with Crippen LogP contribution in [-0.4, -0.2) is 59.1 Å². The summed E-state index contributed by atoms with van der Waals surface area (Å²) in [5.41, 5.74) is 1.51. The Morgan fingerprint density at radius 3 is 2.58 bits per heavy atom. The van der Waals surface area contributed by atoms with Crippen LogP contribution in [0.15, 0.2) is 42.7 Å². The van der Waals surface area contributed by atoms with E-state index in [1.807, 2.05) is 6.20 Å². The summed E-state index contributed by atoms with van der Waals surface area (Å²) in [4.78, 5) is 9.80. The van der Waals surface area contributed by atoms with Crippen LogP contribution in [0.5, 0.6) is 0 Å². The van der Waals surface area contributed by atoms with E-state index in [1.54, 1.807) is 0 Å². The Balaban J connectivity index is 1.34. The van der Waals surface area contributed by atoms with E-state index in [2.05, 4.69) is 57.9 Å². The molecule has 2 saturated heterocycles. The number of hydrogen-bond donors (Lipinski definition) is 0. The Labute approximate surface area is 157 Å². The minimum absolute atomic E-state index is 0.639. The monoisotopic (exact) mass is 352 g/mol. The van der Waals surface area contributed by atoms with E-state index in [4.69, 9.17) is 4.98 Å². The second kappa shape index (κ2) is 8.36. The summed E-state index contributed by atoms with van der Waals surface area (Å²) in [6.45, 7) is 7.04. The zero-order valence-corrected chi connectivity index (χ0v) is 16.1. The van der Waals surface area contributed by atoms with Gasteiger partial charge in [0.1, 0.15) is 5.82 Å². The quantitative estimate of drug-likeness (QED) is 0.822. The zero-order valence-electron chi connectivity index (χ0n) is 16.1. The highest BCUT2D eigenvalue weighted by Gasteiger charge is 2.24. The molecule has 0 radical (unpaired) electrons. The number of nitrogens with zero attached hydrogens (tertiary/aromatic N) is 4. The fourth-order valence-electron chi connectivity index (χ4n) is 4.64. The number of piperidine rings is 2. The molecule has 0 saturated carbocycles. The number of rotatable bonds is 5. The van der Waals surface area contributed by atoms with Crippen molar-refractivity contribution in [1.82, 2.24) is 19.4 Å². The molecule has 4 nitrogen and oxygen atoms in total. The third-order valence-corrected chi connectivity index (χ3v) is 6.27. The van der Waals surface area contributed by atoms with Gasteiger partial charge >= 0.3 is 0 Å². The van der Waals surface area contributed by atoms with Gasteiger partial charge in [0, 0.05) is 37.9 Å². The third kappa shape index (κ3) is 4.18. The van der Waals surface area contributed by atoms with E-state index in [0.29, 0.717) is 11.8 Å². The molecule has 0 spiro atoms. The van der Waals surface area contributed by atoms with Crippen LogP contribution >= 0.6 is 0 Å². The molecular weight excluding hydrogens is 320 g/mol. The van der Waals surface area contributed by atoms with Gasteiger partial charge in [-0.05, 0) is 63.8 Å². The van der Waals surface area contributed by atoms with Crippen LogP contribution in [0.25, 0.3) is 0 Å². The Morgan fingerprint density at radius 1 is 0.962 bits per heavy atom. The first-order chi connectivity index (χ1) is 12.8. The molecule has 2 aliphatic rings. The van der Waals surface area contributed by atoms with Gasteiger partial charge in [0.2, 0.25) is 0 Å². The molecular formula is C22H32N4. The Hall–Kier alpha value is -1.65. The van der Waals surface area contributed by atoms with Crippen molar-refractivity contribution in [3.05, 3.63) is 54.1 Å². The SMILES string of the molecule is CN1CCC(c2nccn2CCN2CCCC(c3ccccc3)C2)CC1. The lowest BCUT2D eigenvalue weighted by Crippen LogP contribution is -2.37. The highest BCUT2D eigenvalue weighted by atomic mass is 15.2. The summed E-state index contributed by atoms with van der Waals surface area (Å²) in [6, 6.07) is 11.1. The molecule has 4 heteroatoms. The van der Waals surface area contributed by atoms with Gasteiger partial charge in [-0.3, -0.25) is 0 Å². The van der Waals surface area contributed by atoms with Gasteiger partial charge in [-0.25, -0.2) is 4.98 Å². The average molecular weight is 353 g/mol. The minimum atomic E-state index is 0.639. The van der Waals surface area contributed by atoms with E-state index in [9.17, 15) is 0 Å². The first-order valence-electron chi connectivity index (χ1n) is 10.3. The van der Waals surface area contributed by atoms with Gasteiger partial charge in [0.25, 0.3) is 0 Å². The Morgan fingerprint density at radius 2 is 1.77 bits per heavy atom. The van der Waals surface area contributed by atoms with Gasteiger partial charge < -0.3 is 14.4 Å². The second-order valence-electron chi connectivity index (χ2n) is 8.11. The fourth-order valence-corrected chi connectivity index (χ4v) is 4.64. The minimum Gasteiger partial charge on any atom is -0.333 e. The van der Waals surface area contributed by atoms with Crippen LogP contribution in [0.3, 0.4) is 0 Å². The van der Waals surface area contributed by atoms with Crippen LogP contribution in [0, 0.1) is 0 Å². The summed E-state index contributed by atoms with van der Waals surface area (Å²) in [5.74, 6) is 2.65. The van der Waals surface area contributed by atoms with Crippen LogP contribution in [0.1, 0.15) is 48.9 Å². The number of benzene rings is 1. The molecule has 0 N–H and O–H groups in total. The second-order valence-corrected chi connectivity index (χ2v) is 8.11. The molecule has 140 valence electrons. The fraction of sp³-hybridized carbons (Fsp3) is 0.591. The molecule has 0 amide bonds. The van der Waals surface area contributed by atoms with Crippen LogP contribution in [0.2, 0.25) is 0 Å². The van der Waals surface area contributed by atoms with Crippen LogP contribution in [0.4, 0.5) is 0 Å². The molecule has 0 bridgehead atoms. The number of aromatic nitrogens is 2. The van der Waals surface area contributed by atoms with Gasteiger partial charge in [-0.2, -0.15) is 0 Å². The largest absolute Gasteiger partial charge is 0.333 e. The number of likely N-dealkylation sites (tertiary alicyclic amines) is 2. The molecule has 2 aliphatic heterocycles. The molecule has 4 rings (SSSR count). The van der Waals surface area contributed by atoms with E-state index in [0.717, 1.165) is 13.1 Å². The maximum Gasteiger partial charge on any atom is 0.111 e. The summed E-state index contributed by atoms with van der Waals surface area (Å²) >= 11 is 0. The molecule has 1 aromatic carbocycles. The molecule has 1 atom stereocenters. The summed E-state index contributed by atoms with van der Waals surface area (Å²) in [6.07, 6.45) is 9.31. The molecule has 2 fully saturated rings. The van der Waals surface area contributed by atoms with Gasteiger partial charge in [-0.15, -0.1) is 0 Å². The average Bonchev–Trinajstić information content (AvgIpc) is 3.16. The lowest BCUT2D eigenvalue weighted by molar-refractivity contribution is 0.198. The molecule has 1 aromatic heterocycles. The molecule has 3 heterocycles. The van der Waals surface area contributed by atoms with E-state index < -0.39 is 0 Å². The Bertz CT molecular complexity index is 672. The van der Waals surface area contributed by atoms with Gasteiger partial charge in [0.15, 0.2) is 0 Å². The van der Waals surface area contributed by atoms with E-state index in [1.165, 1.54) is 63.3 Å². The maximum absolute atomic E-state index is 4.72. The van der Waals surface area contributed by atoms with Crippen molar-refractivity contribution in [2.75, 3.05) is 39.8 Å². The predicted molar refractivity (Wildman–Crippen MR) is 107 cm³/mol. The van der Waals surface area contributed by atoms with Gasteiger partial charge in [-0.1, -0.05) is 30.3 Å². The van der Waals surface area contributed by atoms with E-state index >= 15 is 0 Å². The topological polar surface area (TPSA) is 24.3 Å². The highest BCUT2D eigenvalue weighted by Crippen LogP contribution is 2.28. The Kier molecular flexibility index (Phi) is 5.71. The zero-order chi connectivity index (χ0) is 17.8. The van der Waals surface area contributed by atoms with E-state index in [-0.39, 0.29) is 0 Å². The number of hydrogen-bond acceptors (Lipinski definition) is 3. The van der Waals surface area contributed by atoms with Crippen molar-refractivity contribution >= 4 is 0 Å². The number of imidazole rings is 1. The van der Waals surface area contributed by atoms with Crippen LogP contribution < -0.4 is 0 Å². The lowest BCUT2D eigenvalue weighted by Gasteiger charge is -2.33. The molecule has 0 aliphatic carbocycles.